The predicted octanol–water partition coefficient (Wildman–Crippen LogP) is 2.28. The third kappa shape index (κ3) is 1.41. The summed E-state index contributed by atoms with van der Waals surface area (Å²) in [5.41, 5.74) is 0.220. The average Bonchev–Trinajstić information content (AvgIpc) is 2.59. The molecule has 5 heteroatoms. The van der Waals surface area contributed by atoms with E-state index in [9.17, 15) is 9.18 Å². The Kier molecular flexibility index (Phi) is 2.07. The largest absolute Gasteiger partial charge is 0.494 e. The van der Waals surface area contributed by atoms with Crippen LogP contribution in [0.4, 0.5) is 4.39 Å². The third-order valence-corrected chi connectivity index (χ3v) is 2.08. The van der Waals surface area contributed by atoms with Crippen molar-refractivity contribution in [2.24, 2.45) is 0 Å². The van der Waals surface area contributed by atoms with Crippen molar-refractivity contribution in [3.63, 3.8) is 0 Å². The van der Waals surface area contributed by atoms with Gasteiger partial charge in [0.25, 0.3) is 0 Å². The lowest BCUT2D eigenvalue weighted by Crippen LogP contribution is -1.94. The number of carboxylic acids is 1. The van der Waals surface area contributed by atoms with Gasteiger partial charge in [0, 0.05) is 11.5 Å². The number of hydrogen-bond donors (Lipinski definition) is 1. The first-order valence-corrected chi connectivity index (χ1v) is 4.11. The smallest absolute Gasteiger partial charge is 0.339 e. The molecule has 15 heavy (non-hydrogen) atoms. The second kappa shape index (κ2) is 3.27. The topological polar surface area (TPSA) is 59.7 Å². The number of hydrogen-bond acceptors (Lipinski definition) is 3. The number of aromatic carboxylic acids is 1. The Morgan fingerprint density at radius 3 is 2.87 bits per heavy atom. The van der Waals surface area contributed by atoms with Crippen LogP contribution in [0.25, 0.3) is 11.0 Å². The number of fused-ring (bicyclic) bond motifs is 1. The van der Waals surface area contributed by atoms with Crippen LogP contribution in [-0.4, -0.2) is 18.2 Å². The monoisotopic (exact) mass is 210 g/mol. The van der Waals surface area contributed by atoms with Crippen molar-refractivity contribution >= 4 is 16.9 Å². The Morgan fingerprint density at radius 1 is 1.53 bits per heavy atom. The molecule has 0 radical (unpaired) electrons. The number of halogens is 1. The summed E-state index contributed by atoms with van der Waals surface area (Å²) in [4.78, 5) is 10.7. The Hall–Kier alpha value is -2.04. The summed E-state index contributed by atoms with van der Waals surface area (Å²) < 4.78 is 23.0. The Bertz CT molecular complexity index is 529. The normalized spacial score (nSPS) is 10.5. The van der Waals surface area contributed by atoms with E-state index in [0.717, 1.165) is 12.3 Å². The van der Waals surface area contributed by atoms with Gasteiger partial charge in [0.15, 0.2) is 11.6 Å². The molecule has 0 saturated carbocycles. The lowest BCUT2D eigenvalue weighted by molar-refractivity contribution is 0.0698. The van der Waals surface area contributed by atoms with Gasteiger partial charge in [-0.3, -0.25) is 0 Å². The summed E-state index contributed by atoms with van der Waals surface area (Å²) in [5, 5.41) is 9.00. The SMILES string of the molecule is COc1cc2occ(C(=O)O)c2cc1F. The van der Waals surface area contributed by atoms with Gasteiger partial charge in [-0.1, -0.05) is 0 Å². The highest BCUT2D eigenvalue weighted by molar-refractivity contribution is 6.02. The van der Waals surface area contributed by atoms with E-state index in [2.05, 4.69) is 0 Å². The van der Waals surface area contributed by atoms with Gasteiger partial charge in [0.1, 0.15) is 17.4 Å². The van der Waals surface area contributed by atoms with Gasteiger partial charge in [-0.15, -0.1) is 0 Å². The van der Waals surface area contributed by atoms with Crippen molar-refractivity contribution in [3.8, 4) is 5.75 Å². The van der Waals surface area contributed by atoms with Crippen LogP contribution in [0, 0.1) is 5.82 Å². The van der Waals surface area contributed by atoms with Crippen molar-refractivity contribution in [2.75, 3.05) is 7.11 Å². The van der Waals surface area contributed by atoms with E-state index < -0.39 is 11.8 Å². The highest BCUT2D eigenvalue weighted by Gasteiger charge is 2.15. The van der Waals surface area contributed by atoms with Crippen LogP contribution in [0.2, 0.25) is 0 Å². The minimum absolute atomic E-state index is 0.0220. The number of rotatable bonds is 2. The van der Waals surface area contributed by atoms with Gasteiger partial charge in [-0.25, -0.2) is 9.18 Å². The molecule has 1 heterocycles. The first-order chi connectivity index (χ1) is 7.13. The zero-order valence-electron chi connectivity index (χ0n) is 7.78. The number of methoxy groups -OCH3 is 1. The molecule has 0 bridgehead atoms. The van der Waals surface area contributed by atoms with Crippen LogP contribution in [0.3, 0.4) is 0 Å². The zero-order chi connectivity index (χ0) is 11.0. The third-order valence-electron chi connectivity index (χ3n) is 2.08. The van der Waals surface area contributed by atoms with Crippen LogP contribution >= 0.6 is 0 Å². The molecule has 2 rings (SSSR count). The number of furan rings is 1. The molecule has 4 nitrogen and oxygen atoms in total. The summed E-state index contributed by atoms with van der Waals surface area (Å²) in [7, 11) is 1.32. The minimum atomic E-state index is -1.15. The number of carboxylic acid groups (broad SMARTS) is 1. The van der Waals surface area contributed by atoms with E-state index >= 15 is 0 Å². The highest BCUT2D eigenvalue weighted by atomic mass is 19.1. The van der Waals surface area contributed by atoms with E-state index in [0.29, 0.717) is 0 Å². The molecule has 0 spiro atoms. The lowest BCUT2D eigenvalue weighted by Gasteiger charge is -2.00. The van der Waals surface area contributed by atoms with E-state index in [1.54, 1.807) is 0 Å². The summed E-state index contributed by atoms with van der Waals surface area (Å²) >= 11 is 0. The van der Waals surface area contributed by atoms with E-state index in [4.69, 9.17) is 14.3 Å². The molecule has 2 aromatic rings. The number of benzene rings is 1. The maximum Gasteiger partial charge on any atom is 0.339 e. The quantitative estimate of drug-likeness (QED) is 0.825. The van der Waals surface area contributed by atoms with Crippen molar-refractivity contribution in [3.05, 3.63) is 29.8 Å². The van der Waals surface area contributed by atoms with Gasteiger partial charge < -0.3 is 14.3 Å². The molecule has 0 aliphatic rings. The maximum absolute atomic E-state index is 13.3. The predicted molar refractivity (Wildman–Crippen MR) is 49.7 cm³/mol. The van der Waals surface area contributed by atoms with Crippen molar-refractivity contribution in [1.29, 1.82) is 0 Å². The molecule has 0 amide bonds. The van der Waals surface area contributed by atoms with E-state index in [1.807, 2.05) is 0 Å². The molecular formula is C10H7FO4. The van der Waals surface area contributed by atoms with E-state index in [1.165, 1.54) is 13.2 Å². The first kappa shape index (κ1) is 9.51. The summed E-state index contributed by atoms with van der Waals surface area (Å²) in [6.45, 7) is 0. The molecule has 0 atom stereocenters. The molecule has 1 aromatic carbocycles. The van der Waals surface area contributed by atoms with Crippen LogP contribution in [0.1, 0.15) is 10.4 Å². The lowest BCUT2D eigenvalue weighted by atomic mass is 10.1. The fourth-order valence-electron chi connectivity index (χ4n) is 1.35. The first-order valence-electron chi connectivity index (χ1n) is 4.11. The number of ether oxygens (including phenoxy) is 1. The molecule has 0 aliphatic heterocycles. The maximum atomic E-state index is 13.3. The molecule has 0 aliphatic carbocycles. The summed E-state index contributed by atoms with van der Waals surface area (Å²) in [6.07, 6.45) is 1.08. The summed E-state index contributed by atoms with van der Waals surface area (Å²) in [6, 6.07) is 2.40. The Morgan fingerprint density at radius 2 is 2.27 bits per heavy atom. The van der Waals surface area contributed by atoms with Crippen molar-refractivity contribution in [1.82, 2.24) is 0 Å². The molecule has 1 aromatic heterocycles. The fraction of sp³-hybridized carbons (Fsp3) is 0.100. The Balaban J connectivity index is 2.73. The number of carbonyl (C=O) groups is 1. The van der Waals surface area contributed by atoms with Gasteiger partial charge in [0.05, 0.1) is 7.11 Å². The standard InChI is InChI=1S/C10H7FO4/c1-14-9-3-8-5(2-7(9)11)6(4-15-8)10(12)13/h2-4H,1H3,(H,12,13). The molecule has 0 saturated heterocycles. The van der Waals surface area contributed by atoms with Crippen LogP contribution < -0.4 is 4.74 Å². The summed E-state index contributed by atoms with van der Waals surface area (Å²) in [5.74, 6) is -1.75. The zero-order valence-corrected chi connectivity index (χ0v) is 7.78. The Labute approximate surface area is 83.9 Å². The van der Waals surface area contributed by atoms with Crippen LogP contribution in [0.15, 0.2) is 22.8 Å². The highest BCUT2D eigenvalue weighted by Crippen LogP contribution is 2.28. The van der Waals surface area contributed by atoms with Crippen LogP contribution in [-0.2, 0) is 0 Å². The van der Waals surface area contributed by atoms with Crippen molar-refractivity contribution in [2.45, 2.75) is 0 Å². The second-order valence-electron chi connectivity index (χ2n) is 2.94. The second-order valence-corrected chi connectivity index (χ2v) is 2.94. The van der Waals surface area contributed by atoms with Gasteiger partial charge in [-0.05, 0) is 6.07 Å². The molecule has 0 unspecified atom stereocenters. The molecular weight excluding hydrogens is 203 g/mol. The molecule has 1 N–H and O–H groups in total. The van der Waals surface area contributed by atoms with Gasteiger partial charge >= 0.3 is 5.97 Å². The molecule has 78 valence electrons. The van der Waals surface area contributed by atoms with Crippen molar-refractivity contribution < 1.29 is 23.4 Å². The average molecular weight is 210 g/mol. The van der Waals surface area contributed by atoms with Crippen LogP contribution in [0.5, 0.6) is 5.75 Å². The van der Waals surface area contributed by atoms with E-state index in [-0.39, 0.29) is 22.3 Å². The van der Waals surface area contributed by atoms with Gasteiger partial charge in [0.2, 0.25) is 0 Å². The fourth-order valence-corrected chi connectivity index (χ4v) is 1.35. The van der Waals surface area contributed by atoms with Gasteiger partial charge in [-0.2, -0.15) is 0 Å². The minimum Gasteiger partial charge on any atom is -0.494 e. The molecule has 0 fully saturated rings.